The minimum absolute atomic E-state index is 0.528. The molecule has 0 aromatic heterocycles. The highest BCUT2D eigenvalue weighted by Crippen LogP contribution is 2.32. The Morgan fingerprint density at radius 3 is 2.50 bits per heavy atom. The predicted octanol–water partition coefficient (Wildman–Crippen LogP) is 3.91. The molecule has 0 atom stereocenters. The molecule has 0 fully saturated rings. The first-order valence-corrected chi connectivity index (χ1v) is 6.46. The van der Waals surface area contributed by atoms with E-state index in [9.17, 15) is 0 Å². The van der Waals surface area contributed by atoms with Crippen LogP contribution in [0.1, 0.15) is 16.7 Å². The third kappa shape index (κ3) is 2.66. The molecule has 0 aliphatic heterocycles. The molecule has 2 N–H and O–H groups in total. The highest BCUT2D eigenvalue weighted by Gasteiger charge is 2.04. The lowest BCUT2D eigenvalue weighted by molar-refractivity contribution is 1.26. The number of aryl methyl sites for hydroxylation is 2. The lowest BCUT2D eigenvalue weighted by atomic mass is 10.2. The standard InChI is InChI=1S/C15H14N2S/c1-10-3-6-15(11(2)7-10)18-13-5-4-12(9-16)14(17)8-13/h3-8H,17H2,1-2H3. The minimum atomic E-state index is 0.528. The molecule has 3 heteroatoms. The van der Waals surface area contributed by atoms with Crippen LogP contribution in [-0.2, 0) is 0 Å². The first-order chi connectivity index (χ1) is 8.60. The van der Waals surface area contributed by atoms with E-state index in [1.165, 1.54) is 16.0 Å². The van der Waals surface area contributed by atoms with Crippen molar-refractivity contribution in [2.45, 2.75) is 23.6 Å². The van der Waals surface area contributed by atoms with Crippen LogP contribution in [0.2, 0.25) is 0 Å². The second-order valence-electron chi connectivity index (χ2n) is 4.23. The minimum Gasteiger partial charge on any atom is -0.398 e. The summed E-state index contributed by atoms with van der Waals surface area (Å²) < 4.78 is 0. The first-order valence-electron chi connectivity index (χ1n) is 5.65. The van der Waals surface area contributed by atoms with Crippen LogP contribution in [-0.4, -0.2) is 0 Å². The van der Waals surface area contributed by atoms with Gasteiger partial charge < -0.3 is 5.73 Å². The van der Waals surface area contributed by atoms with Gasteiger partial charge in [-0.2, -0.15) is 5.26 Å². The summed E-state index contributed by atoms with van der Waals surface area (Å²) in [6, 6.07) is 14.0. The van der Waals surface area contributed by atoms with Gasteiger partial charge in [-0.25, -0.2) is 0 Å². The van der Waals surface area contributed by atoms with Crippen LogP contribution >= 0.6 is 11.8 Å². The average molecular weight is 254 g/mol. The maximum absolute atomic E-state index is 8.84. The third-order valence-electron chi connectivity index (χ3n) is 2.70. The predicted molar refractivity (Wildman–Crippen MR) is 75.6 cm³/mol. The quantitative estimate of drug-likeness (QED) is 0.827. The lowest BCUT2D eigenvalue weighted by Crippen LogP contribution is -1.90. The molecule has 18 heavy (non-hydrogen) atoms. The van der Waals surface area contributed by atoms with E-state index in [0.29, 0.717) is 11.3 Å². The number of benzene rings is 2. The molecule has 0 aliphatic carbocycles. The van der Waals surface area contributed by atoms with Gasteiger partial charge in [-0.05, 0) is 43.7 Å². The van der Waals surface area contributed by atoms with Crippen LogP contribution in [0, 0.1) is 25.2 Å². The van der Waals surface area contributed by atoms with Crippen molar-refractivity contribution in [1.82, 2.24) is 0 Å². The number of anilines is 1. The average Bonchev–Trinajstić information content (AvgIpc) is 2.33. The molecular weight excluding hydrogens is 240 g/mol. The van der Waals surface area contributed by atoms with E-state index in [0.717, 1.165) is 4.90 Å². The Balaban J connectivity index is 2.29. The number of nitrogen functional groups attached to an aromatic ring is 1. The van der Waals surface area contributed by atoms with Crippen LogP contribution < -0.4 is 5.73 Å². The van der Waals surface area contributed by atoms with Crippen molar-refractivity contribution in [2.75, 3.05) is 5.73 Å². The molecule has 2 rings (SSSR count). The fourth-order valence-electron chi connectivity index (χ4n) is 1.75. The molecule has 2 aromatic rings. The SMILES string of the molecule is Cc1ccc(Sc2ccc(C#N)c(N)c2)c(C)c1. The molecule has 2 nitrogen and oxygen atoms in total. The van der Waals surface area contributed by atoms with Gasteiger partial charge in [-0.1, -0.05) is 29.5 Å². The van der Waals surface area contributed by atoms with Crippen molar-refractivity contribution in [2.24, 2.45) is 0 Å². The number of hydrogen-bond donors (Lipinski definition) is 1. The number of nitrogens with two attached hydrogens (primary N) is 1. The summed E-state index contributed by atoms with van der Waals surface area (Å²) in [5, 5.41) is 8.84. The first kappa shape index (κ1) is 12.5. The molecule has 0 aliphatic rings. The Morgan fingerprint density at radius 1 is 1.11 bits per heavy atom. The van der Waals surface area contributed by atoms with Crippen LogP contribution in [0.3, 0.4) is 0 Å². The van der Waals surface area contributed by atoms with Crippen LogP contribution in [0.25, 0.3) is 0 Å². The van der Waals surface area contributed by atoms with Gasteiger partial charge in [0.2, 0.25) is 0 Å². The fraction of sp³-hybridized carbons (Fsp3) is 0.133. The van der Waals surface area contributed by atoms with Crippen molar-refractivity contribution in [3.8, 4) is 6.07 Å². The normalized spacial score (nSPS) is 10.1. The third-order valence-corrected chi connectivity index (χ3v) is 3.87. The maximum Gasteiger partial charge on any atom is 0.101 e. The Bertz CT molecular complexity index is 627. The van der Waals surface area contributed by atoms with E-state index >= 15 is 0 Å². The molecule has 0 bridgehead atoms. The lowest BCUT2D eigenvalue weighted by Gasteiger charge is -2.07. The van der Waals surface area contributed by atoms with Gasteiger partial charge in [0.1, 0.15) is 6.07 Å². The fourth-order valence-corrected chi connectivity index (χ4v) is 2.68. The molecule has 0 unspecified atom stereocenters. The van der Waals surface area contributed by atoms with Crippen molar-refractivity contribution in [1.29, 1.82) is 5.26 Å². The van der Waals surface area contributed by atoms with Crippen molar-refractivity contribution in [3.63, 3.8) is 0 Å². The topological polar surface area (TPSA) is 49.8 Å². The van der Waals surface area contributed by atoms with Gasteiger partial charge in [0.15, 0.2) is 0 Å². The van der Waals surface area contributed by atoms with Gasteiger partial charge >= 0.3 is 0 Å². The summed E-state index contributed by atoms with van der Waals surface area (Å²) in [5.74, 6) is 0. The highest BCUT2D eigenvalue weighted by atomic mass is 32.2. The van der Waals surface area contributed by atoms with Gasteiger partial charge in [0, 0.05) is 9.79 Å². The summed E-state index contributed by atoms with van der Waals surface area (Å²) in [5.41, 5.74) is 9.39. The van der Waals surface area contributed by atoms with E-state index in [-0.39, 0.29) is 0 Å². The van der Waals surface area contributed by atoms with Crippen LogP contribution in [0.4, 0.5) is 5.69 Å². The van der Waals surface area contributed by atoms with Crippen molar-refractivity contribution >= 4 is 17.4 Å². The van der Waals surface area contributed by atoms with Gasteiger partial charge in [0.25, 0.3) is 0 Å². The van der Waals surface area contributed by atoms with Crippen LogP contribution in [0.15, 0.2) is 46.2 Å². The molecule has 90 valence electrons. The summed E-state index contributed by atoms with van der Waals surface area (Å²) in [4.78, 5) is 2.27. The Hall–Kier alpha value is -1.92. The van der Waals surface area contributed by atoms with Crippen molar-refractivity contribution in [3.05, 3.63) is 53.1 Å². The number of nitrogens with zero attached hydrogens (tertiary/aromatic N) is 1. The molecule has 2 aromatic carbocycles. The number of hydrogen-bond acceptors (Lipinski definition) is 3. The van der Waals surface area contributed by atoms with Gasteiger partial charge in [0.05, 0.1) is 11.3 Å². The zero-order valence-corrected chi connectivity index (χ0v) is 11.2. The van der Waals surface area contributed by atoms with E-state index in [4.69, 9.17) is 11.0 Å². The molecular formula is C15H14N2S. The van der Waals surface area contributed by atoms with E-state index < -0.39 is 0 Å². The zero-order valence-electron chi connectivity index (χ0n) is 10.4. The smallest absolute Gasteiger partial charge is 0.101 e. The molecule has 0 saturated heterocycles. The largest absolute Gasteiger partial charge is 0.398 e. The Labute approximate surface area is 111 Å². The Morgan fingerprint density at radius 2 is 1.89 bits per heavy atom. The summed E-state index contributed by atoms with van der Waals surface area (Å²) in [6.07, 6.45) is 0. The van der Waals surface area contributed by atoms with E-state index in [1.54, 1.807) is 17.8 Å². The molecule has 0 saturated carbocycles. The van der Waals surface area contributed by atoms with Crippen molar-refractivity contribution < 1.29 is 0 Å². The number of nitriles is 1. The summed E-state index contributed by atoms with van der Waals surface area (Å²) in [6.45, 7) is 4.18. The molecule has 0 heterocycles. The van der Waals surface area contributed by atoms with E-state index in [2.05, 4.69) is 38.1 Å². The second kappa shape index (κ2) is 5.16. The Kier molecular flexibility index (Phi) is 3.59. The zero-order chi connectivity index (χ0) is 13.1. The molecule has 0 amide bonds. The van der Waals surface area contributed by atoms with Gasteiger partial charge in [-0.3, -0.25) is 0 Å². The second-order valence-corrected chi connectivity index (χ2v) is 5.35. The monoisotopic (exact) mass is 254 g/mol. The van der Waals surface area contributed by atoms with Gasteiger partial charge in [-0.15, -0.1) is 0 Å². The summed E-state index contributed by atoms with van der Waals surface area (Å²) in [7, 11) is 0. The maximum atomic E-state index is 8.84. The number of rotatable bonds is 2. The van der Waals surface area contributed by atoms with E-state index in [1.807, 2.05) is 12.1 Å². The summed E-state index contributed by atoms with van der Waals surface area (Å²) >= 11 is 1.67. The molecule has 0 spiro atoms. The highest BCUT2D eigenvalue weighted by molar-refractivity contribution is 7.99. The van der Waals surface area contributed by atoms with Crippen LogP contribution in [0.5, 0.6) is 0 Å². The molecule has 0 radical (unpaired) electrons.